The first kappa shape index (κ1) is 20.4. The Bertz CT molecular complexity index is 1230. The van der Waals surface area contributed by atoms with Gasteiger partial charge in [-0.15, -0.1) is 0 Å². The van der Waals surface area contributed by atoms with Crippen LogP contribution >= 0.6 is 0 Å². The van der Waals surface area contributed by atoms with E-state index in [2.05, 4.69) is 104 Å². The molecule has 0 amide bonds. The summed E-state index contributed by atoms with van der Waals surface area (Å²) in [6, 6.07) is 34.9. The smallest absolute Gasteiger partial charge is 0.330 e. The maximum Gasteiger partial charge on any atom is 0.330 e. The van der Waals surface area contributed by atoms with Crippen LogP contribution in [0.25, 0.3) is 33.4 Å². The topological polar surface area (TPSA) is 37.3 Å². The molecule has 1 aliphatic rings. The van der Waals surface area contributed by atoms with E-state index in [-0.39, 0.29) is 5.57 Å². The van der Waals surface area contributed by atoms with Crippen molar-refractivity contribution in [1.82, 2.24) is 0 Å². The molecule has 1 N–H and O–H groups in total. The van der Waals surface area contributed by atoms with Gasteiger partial charge >= 0.3 is 5.97 Å². The standard InChI is InChI=1S/C25H18.C4H6O2/c1-3-9-18(10-4-1)22-15-16-23-21-14-8-7-13-20(21)17-24(23)25(22)19-11-5-2-6-12-19;1-3(2)4(5)6/h1-16H,17H2;1H2,2H3,(H,5,6). The molecule has 4 aromatic carbocycles. The van der Waals surface area contributed by atoms with E-state index in [0.717, 1.165) is 6.42 Å². The predicted octanol–water partition coefficient (Wildman–Crippen LogP) is 7.24. The van der Waals surface area contributed by atoms with Crippen LogP contribution < -0.4 is 0 Å². The summed E-state index contributed by atoms with van der Waals surface area (Å²) in [5.41, 5.74) is 11.1. The highest BCUT2D eigenvalue weighted by molar-refractivity contribution is 5.93. The third kappa shape index (κ3) is 4.19. The van der Waals surface area contributed by atoms with E-state index in [0.29, 0.717) is 0 Å². The van der Waals surface area contributed by atoms with Gasteiger partial charge in [-0.2, -0.15) is 0 Å². The van der Waals surface area contributed by atoms with Crippen LogP contribution in [0.3, 0.4) is 0 Å². The number of carboxylic acids is 1. The Kier molecular flexibility index (Phi) is 5.81. The molecule has 0 heterocycles. The summed E-state index contributed by atoms with van der Waals surface area (Å²) in [6.07, 6.45) is 1.01. The van der Waals surface area contributed by atoms with Gasteiger partial charge in [0.1, 0.15) is 0 Å². The Morgan fingerprint density at radius 2 is 1.23 bits per heavy atom. The van der Waals surface area contributed by atoms with E-state index >= 15 is 0 Å². The van der Waals surface area contributed by atoms with E-state index in [1.54, 1.807) is 0 Å². The third-order valence-electron chi connectivity index (χ3n) is 5.50. The summed E-state index contributed by atoms with van der Waals surface area (Å²) < 4.78 is 0. The Morgan fingerprint density at radius 3 is 1.84 bits per heavy atom. The van der Waals surface area contributed by atoms with Gasteiger partial charge in [0.05, 0.1) is 0 Å². The third-order valence-corrected chi connectivity index (χ3v) is 5.50. The van der Waals surface area contributed by atoms with Gasteiger partial charge in [-0.3, -0.25) is 0 Å². The van der Waals surface area contributed by atoms with Crippen molar-refractivity contribution in [2.24, 2.45) is 0 Å². The van der Waals surface area contributed by atoms with Crippen LogP contribution in [0.5, 0.6) is 0 Å². The number of rotatable bonds is 3. The van der Waals surface area contributed by atoms with Crippen LogP contribution in [0, 0.1) is 0 Å². The molecule has 0 spiro atoms. The summed E-state index contributed by atoms with van der Waals surface area (Å²) >= 11 is 0. The summed E-state index contributed by atoms with van der Waals surface area (Å²) in [4.78, 5) is 9.60. The number of hydrogen-bond acceptors (Lipinski definition) is 1. The van der Waals surface area contributed by atoms with Gasteiger partial charge in [0.25, 0.3) is 0 Å². The average molecular weight is 405 g/mol. The van der Waals surface area contributed by atoms with E-state index in [1.165, 1.54) is 51.4 Å². The molecule has 2 heteroatoms. The van der Waals surface area contributed by atoms with Crippen molar-refractivity contribution in [2.45, 2.75) is 13.3 Å². The fourth-order valence-corrected chi connectivity index (χ4v) is 4.00. The molecule has 0 saturated heterocycles. The number of hydrogen-bond donors (Lipinski definition) is 1. The lowest BCUT2D eigenvalue weighted by Gasteiger charge is -2.16. The number of aliphatic carboxylic acids is 1. The highest BCUT2D eigenvalue weighted by Crippen LogP contribution is 2.45. The van der Waals surface area contributed by atoms with Gasteiger partial charge in [-0.25, -0.2) is 4.79 Å². The lowest BCUT2D eigenvalue weighted by atomic mass is 9.88. The molecule has 0 aromatic heterocycles. The van der Waals surface area contributed by atoms with Crippen molar-refractivity contribution >= 4 is 5.97 Å². The van der Waals surface area contributed by atoms with Crippen molar-refractivity contribution in [1.29, 1.82) is 0 Å². The number of fused-ring (bicyclic) bond motifs is 3. The first-order valence-corrected chi connectivity index (χ1v) is 10.3. The summed E-state index contributed by atoms with van der Waals surface area (Å²) in [6.45, 7) is 4.60. The summed E-state index contributed by atoms with van der Waals surface area (Å²) in [5.74, 6) is -0.935. The van der Waals surface area contributed by atoms with Crippen LogP contribution in [0.2, 0.25) is 0 Å². The molecule has 0 unspecified atom stereocenters. The minimum Gasteiger partial charge on any atom is -0.478 e. The Balaban J connectivity index is 0.000000342. The summed E-state index contributed by atoms with van der Waals surface area (Å²) in [7, 11) is 0. The average Bonchev–Trinajstić information content (AvgIpc) is 3.18. The van der Waals surface area contributed by atoms with Crippen LogP contribution in [0.4, 0.5) is 0 Å². The lowest BCUT2D eigenvalue weighted by molar-refractivity contribution is -0.132. The molecule has 0 radical (unpaired) electrons. The Morgan fingerprint density at radius 1 is 0.710 bits per heavy atom. The Hall–Kier alpha value is -3.91. The normalized spacial score (nSPS) is 11.0. The van der Waals surface area contributed by atoms with Crippen molar-refractivity contribution in [3.05, 3.63) is 120 Å². The minimum atomic E-state index is -0.935. The molecule has 152 valence electrons. The molecule has 0 aliphatic heterocycles. The maximum atomic E-state index is 9.60. The van der Waals surface area contributed by atoms with E-state index in [9.17, 15) is 4.79 Å². The maximum absolute atomic E-state index is 9.60. The van der Waals surface area contributed by atoms with Crippen molar-refractivity contribution in [3.63, 3.8) is 0 Å². The molecule has 1 aliphatic carbocycles. The van der Waals surface area contributed by atoms with Crippen molar-refractivity contribution in [2.75, 3.05) is 0 Å². The molecule has 31 heavy (non-hydrogen) atoms. The molecule has 5 rings (SSSR count). The molecule has 0 atom stereocenters. The van der Waals surface area contributed by atoms with Crippen LogP contribution in [0.1, 0.15) is 18.1 Å². The zero-order valence-corrected chi connectivity index (χ0v) is 17.5. The van der Waals surface area contributed by atoms with Gasteiger partial charge in [-0.1, -0.05) is 104 Å². The quantitative estimate of drug-likeness (QED) is 0.322. The SMILES string of the molecule is C=C(C)C(=O)O.c1ccc(-c2ccc3c(c2-c2ccccc2)Cc2ccccc2-3)cc1. The van der Waals surface area contributed by atoms with Gasteiger partial charge in [0.15, 0.2) is 0 Å². The van der Waals surface area contributed by atoms with Crippen LogP contribution in [0.15, 0.2) is 109 Å². The largest absolute Gasteiger partial charge is 0.478 e. The minimum absolute atomic E-state index is 0.176. The first-order chi connectivity index (χ1) is 15.1. The number of carbonyl (C=O) groups is 1. The highest BCUT2D eigenvalue weighted by Gasteiger charge is 2.23. The lowest BCUT2D eigenvalue weighted by Crippen LogP contribution is -1.92. The van der Waals surface area contributed by atoms with Gasteiger partial charge in [-0.05, 0) is 57.9 Å². The second-order valence-electron chi connectivity index (χ2n) is 7.67. The molecule has 4 aromatic rings. The number of carboxylic acid groups (broad SMARTS) is 1. The summed E-state index contributed by atoms with van der Waals surface area (Å²) in [5, 5.41) is 7.89. The van der Waals surface area contributed by atoms with Crippen molar-refractivity contribution < 1.29 is 9.90 Å². The molecule has 0 saturated carbocycles. The van der Waals surface area contributed by atoms with Crippen LogP contribution in [-0.4, -0.2) is 11.1 Å². The van der Waals surface area contributed by atoms with E-state index < -0.39 is 5.97 Å². The molecular formula is C29H24O2. The Labute approximate surface area is 183 Å². The predicted molar refractivity (Wildman–Crippen MR) is 128 cm³/mol. The van der Waals surface area contributed by atoms with Crippen molar-refractivity contribution in [3.8, 4) is 33.4 Å². The number of benzene rings is 4. The molecule has 0 fully saturated rings. The van der Waals surface area contributed by atoms with E-state index in [1.807, 2.05) is 0 Å². The second-order valence-corrected chi connectivity index (χ2v) is 7.67. The highest BCUT2D eigenvalue weighted by atomic mass is 16.4. The van der Waals surface area contributed by atoms with Gasteiger partial charge in [0.2, 0.25) is 0 Å². The molecular weight excluding hydrogens is 380 g/mol. The fourth-order valence-electron chi connectivity index (χ4n) is 4.00. The van der Waals surface area contributed by atoms with Crippen LogP contribution in [-0.2, 0) is 11.2 Å². The zero-order chi connectivity index (χ0) is 21.8. The fraction of sp³-hybridized carbons (Fsp3) is 0.0690. The molecule has 0 bridgehead atoms. The first-order valence-electron chi connectivity index (χ1n) is 10.3. The van der Waals surface area contributed by atoms with Gasteiger partial charge < -0.3 is 5.11 Å². The molecule has 2 nitrogen and oxygen atoms in total. The van der Waals surface area contributed by atoms with E-state index in [4.69, 9.17) is 5.11 Å². The van der Waals surface area contributed by atoms with Gasteiger partial charge in [0, 0.05) is 5.57 Å². The zero-order valence-electron chi connectivity index (χ0n) is 17.5. The monoisotopic (exact) mass is 404 g/mol. The second kappa shape index (κ2) is 8.85.